The first kappa shape index (κ1) is 29.7. The fourth-order valence-electron chi connectivity index (χ4n) is 2.80. The number of thioether (sulfide) groups is 2. The molecule has 0 bridgehead atoms. The lowest BCUT2D eigenvalue weighted by molar-refractivity contribution is -0.138. The number of rotatable bonds is 9. The summed E-state index contributed by atoms with van der Waals surface area (Å²) in [6, 6.07) is 20.7. The van der Waals surface area contributed by atoms with E-state index in [0.717, 1.165) is 16.1 Å². The number of nitrogens with one attached hydrogen (secondary N) is 2. The van der Waals surface area contributed by atoms with Gasteiger partial charge in [-0.15, -0.1) is 11.8 Å². The Morgan fingerprint density at radius 3 is 2.05 bits per heavy atom. The maximum absolute atomic E-state index is 12.2. The van der Waals surface area contributed by atoms with Crippen molar-refractivity contribution >= 4 is 51.4 Å². The third kappa shape index (κ3) is 9.44. The van der Waals surface area contributed by atoms with Crippen LogP contribution in [0.5, 0.6) is 5.75 Å². The molecule has 0 aliphatic heterocycles. The molecule has 0 heterocycles. The van der Waals surface area contributed by atoms with Gasteiger partial charge in [0.15, 0.2) is 0 Å². The minimum atomic E-state index is -0.933. The molecule has 6 nitrogen and oxygen atoms in total. The number of hydrogen-bond acceptors (Lipinski definition) is 7. The molecule has 0 amide bonds. The fourth-order valence-corrected chi connectivity index (χ4v) is 4.60. The Morgan fingerprint density at radius 1 is 1.00 bits per heavy atom. The summed E-state index contributed by atoms with van der Waals surface area (Å²) in [4.78, 5) is 23.8. The number of methoxy groups -OCH3 is 1. The van der Waals surface area contributed by atoms with E-state index in [9.17, 15) is 19.1 Å². The number of hydrogen-bond donors (Lipinski definition) is 3. The van der Waals surface area contributed by atoms with Crippen LogP contribution < -0.4 is 10.1 Å². The second kappa shape index (κ2) is 14.2. The van der Waals surface area contributed by atoms with Gasteiger partial charge in [-0.25, -0.2) is 4.39 Å². The average molecular weight is 541 g/mol. The molecule has 0 spiro atoms. The Balaban J connectivity index is 0.000000449. The fraction of sp³-hybridized carbons (Fsp3) is 0.179. The average Bonchev–Trinajstić information content (AvgIpc) is 2.89. The number of carbonyl (C=O) groups excluding carboxylic acids is 1. The van der Waals surface area contributed by atoms with Crippen molar-refractivity contribution < 1.29 is 23.8 Å². The lowest BCUT2D eigenvalue weighted by Gasteiger charge is -2.18. The van der Waals surface area contributed by atoms with Gasteiger partial charge in [0.2, 0.25) is 0 Å². The molecule has 0 saturated heterocycles. The first-order valence-corrected chi connectivity index (χ1v) is 12.8. The van der Waals surface area contributed by atoms with Crippen molar-refractivity contribution in [2.75, 3.05) is 19.5 Å². The summed E-state index contributed by atoms with van der Waals surface area (Å²) in [5, 5.41) is 20.8. The molecular weight excluding hydrogens is 511 g/mol. The highest BCUT2D eigenvalue weighted by Gasteiger charge is 2.28. The van der Waals surface area contributed by atoms with E-state index in [1.54, 1.807) is 76.5 Å². The molecule has 0 fully saturated rings. The molecule has 0 aliphatic carbocycles. The SMILES string of the molecule is CNc1ccc(F)cc1.COc1ccc(/C(=C\C=O)SC(=N)c2ccc(SC(C)(C)C(=O)O)cc2)cc1. The number of carboxylic acids is 1. The molecule has 3 rings (SSSR count). The summed E-state index contributed by atoms with van der Waals surface area (Å²) in [5.74, 6) is -0.367. The maximum Gasteiger partial charge on any atom is 0.319 e. The highest BCUT2D eigenvalue weighted by Crippen LogP contribution is 2.34. The van der Waals surface area contributed by atoms with E-state index < -0.39 is 10.7 Å². The number of anilines is 1. The van der Waals surface area contributed by atoms with Gasteiger partial charge in [-0.1, -0.05) is 36.0 Å². The molecule has 0 atom stereocenters. The van der Waals surface area contributed by atoms with E-state index in [-0.39, 0.29) is 10.9 Å². The number of carbonyl (C=O) groups is 2. The molecular formula is C28H29FN2O4S2. The third-order valence-corrected chi connectivity index (χ3v) is 7.17. The van der Waals surface area contributed by atoms with E-state index in [1.807, 2.05) is 12.1 Å². The predicted octanol–water partition coefficient (Wildman–Crippen LogP) is 6.82. The third-order valence-electron chi connectivity index (χ3n) is 4.94. The molecule has 0 unspecified atom stereocenters. The van der Waals surface area contributed by atoms with Crippen LogP contribution in [-0.2, 0) is 9.59 Å². The first-order chi connectivity index (χ1) is 17.6. The van der Waals surface area contributed by atoms with E-state index in [2.05, 4.69) is 5.32 Å². The van der Waals surface area contributed by atoms with Crippen molar-refractivity contribution in [3.8, 4) is 5.75 Å². The number of allylic oxidation sites excluding steroid dienone is 1. The standard InChI is InChI=1S/C21H21NO4S2.C7H8FN/c1-21(2,20(24)25)28-17-10-6-15(7-11-17)19(22)27-18(12-13-23)14-4-8-16(26-3)9-5-14;1-9-7-4-2-6(8)3-5-7/h4-13,22H,1-3H3,(H,24,25);2-5,9H,1H3/b18-12+,22-19?;. The summed E-state index contributed by atoms with van der Waals surface area (Å²) in [7, 11) is 3.38. The van der Waals surface area contributed by atoms with Gasteiger partial charge in [0.05, 0.1) is 12.2 Å². The molecule has 0 aromatic heterocycles. The van der Waals surface area contributed by atoms with Crippen molar-refractivity contribution in [2.24, 2.45) is 0 Å². The summed E-state index contributed by atoms with van der Waals surface area (Å²) in [6.45, 7) is 3.30. The minimum absolute atomic E-state index is 0.200. The van der Waals surface area contributed by atoms with Crippen LogP contribution in [-0.4, -0.2) is 41.3 Å². The zero-order valence-electron chi connectivity index (χ0n) is 20.9. The highest BCUT2D eigenvalue weighted by molar-refractivity contribution is 8.22. The summed E-state index contributed by atoms with van der Waals surface area (Å²) in [6.07, 6.45) is 2.13. The lowest BCUT2D eigenvalue weighted by atomic mass is 10.2. The molecule has 3 N–H and O–H groups in total. The van der Waals surface area contributed by atoms with Crippen LogP contribution in [0.15, 0.2) is 83.8 Å². The maximum atomic E-state index is 12.2. The molecule has 9 heteroatoms. The Bertz CT molecular complexity index is 1230. The molecule has 3 aromatic rings. The van der Waals surface area contributed by atoms with Gasteiger partial charge in [0.25, 0.3) is 0 Å². The lowest BCUT2D eigenvalue weighted by Crippen LogP contribution is -2.26. The van der Waals surface area contributed by atoms with Crippen molar-refractivity contribution in [1.82, 2.24) is 0 Å². The topological polar surface area (TPSA) is 99.5 Å². The normalized spacial score (nSPS) is 11.1. The van der Waals surface area contributed by atoms with Crippen LogP contribution in [0.1, 0.15) is 25.0 Å². The summed E-state index contributed by atoms with van der Waals surface area (Å²) < 4.78 is 16.4. The number of benzene rings is 3. The van der Waals surface area contributed by atoms with Crippen molar-refractivity contribution in [1.29, 1.82) is 5.41 Å². The van der Waals surface area contributed by atoms with E-state index in [4.69, 9.17) is 10.1 Å². The van der Waals surface area contributed by atoms with Crippen LogP contribution in [0.4, 0.5) is 10.1 Å². The van der Waals surface area contributed by atoms with Crippen LogP contribution in [0.25, 0.3) is 4.91 Å². The summed E-state index contributed by atoms with van der Waals surface area (Å²) in [5.41, 5.74) is 2.43. The summed E-state index contributed by atoms with van der Waals surface area (Å²) >= 11 is 2.43. The van der Waals surface area contributed by atoms with Gasteiger partial charge in [-0.3, -0.25) is 15.0 Å². The zero-order chi connectivity index (χ0) is 27.4. The van der Waals surface area contributed by atoms with Gasteiger partial charge in [0, 0.05) is 28.1 Å². The molecule has 0 aliphatic rings. The van der Waals surface area contributed by atoms with Gasteiger partial charge < -0.3 is 15.2 Å². The number of aldehydes is 1. The molecule has 3 aromatic carbocycles. The Hall–Kier alpha value is -3.56. The largest absolute Gasteiger partial charge is 0.497 e. The number of carboxylic acid groups (broad SMARTS) is 1. The molecule has 194 valence electrons. The number of halogens is 1. The zero-order valence-corrected chi connectivity index (χ0v) is 22.6. The van der Waals surface area contributed by atoms with Crippen LogP contribution >= 0.6 is 23.5 Å². The van der Waals surface area contributed by atoms with Gasteiger partial charge in [-0.2, -0.15) is 0 Å². The van der Waals surface area contributed by atoms with E-state index >= 15 is 0 Å². The predicted molar refractivity (Wildman–Crippen MR) is 151 cm³/mol. The molecule has 0 radical (unpaired) electrons. The Kier molecular flexibility index (Phi) is 11.4. The van der Waals surface area contributed by atoms with Gasteiger partial charge >= 0.3 is 5.97 Å². The second-order valence-electron chi connectivity index (χ2n) is 8.03. The minimum Gasteiger partial charge on any atom is -0.497 e. The second-order valence-corrected chi connectivity index (χ2v) is 10.8. The van der Waals surface area contributed by atoms with Crippen molar-refractivity contribution in [2.45, 2.75) is 23.5 Å². The quantitative estimate of drug-likeness (QED) is 0.0901. The first-order valence-electron chi connectivity index (χ1n) is 11.1. The molecule has 37 heavy (non-hydrogen) atoms. The number of ether oxygens (including phenoxy) is 1. The van der Waals surface area contributed by atoms with Gasteiger partial charge in [-0.05, 0) is 74.0 Å². The molecule has 0 saturated carbocycles. The van der Waals surface area contributed by atoms with Gasteiger partial charge in [0.1, 0.15) is 22.6 Å². The monoisotopic (exact) mass is 540 g/mol. The van der Waals surface area contributed by atoms with E-state index in [0.29, 0.717) is 22.5 Å². The Labute approximate surface area is 224 Å². The van der Waals surface area contributed by atoms with Crippen LogP contribution in [0.3, 0.4) is 0 Å². The van der Waals surface area contributed by atoms with Crippen molar-refractivity contribution in [3.05, 3.63) is 95.8 Å². The van der Waals surface area contributed by atoms with Crippen LogP contribution in [0.2, 0.25) is 0 Å². The smallest absolute Gasteiger partial charge is 0.319 e. The Morgan fingerprint density at radius 2 is 1.57 bits per heavy atom. The number of aliphatic carboxylic acids is 1. The highest BCUT2D eigenvalue weighted by atomic mass is 32.2. The van der Waals surface area contributed by atoms with Crippen molar-refractivity contribution in [3.63, 3.8) is 0 Å². The van der Waals surface area contributed by atoms with E-state index in [1.165, 1.54) is 41.7 Å². The van der Waals surface area contributed by atoms with Crippen LogP contribution in [0, 0.1) is 11.2 Å².